The Morgan fingerprint density at radius 1 is 0.839 bits per heavy atom. The SMILES string of the molecule is COC(=O)c1cc2c(cc1C(=O)OC)CN(Cc1ccccc1)C(c1ccccc1)C2. The van der Waals surface area contributed by atoms with Gasteiger partial charge in [0.05, 0.1) is 25.3 Å². The molecule has 0 aliphatic carbocycles. The van der Waals surface area contributed by atoms with E-state index in [0.29, 0.717) is 6.54 Å². The molecule has 4 rings (SSSR count). The van der Waals surface area contributed by atoms with Crippen molar-refractivity contribution in [2.24, 2.45) is 0 Å². The van der Waals surface area contributed by atoms with Gasteiger partial charge in [-0.2, -0.15) is 0 Å². The molecule has 0 bridgehead atoms. The summed E-state index contributed by atoms with van der Waals surface area (Å²) in [7, 11) is 2.63. The van der Waals surface area contributed by atoms with Crippen LogP contribution in [0.2, 0.25) is 0 Å². The zero-order valence-corrected chi connectivity index (χ0v) is 17.7. The molecule has 31 heavy (non-hydrogen) atoms. The molecule has 0 saturated heterocycles. The third-order valence-electron chi connectivity index (χ3n) is 5.79. The standard InChI is InChI=1S/C26H25NO4/c1-30-25(28)22-13-20-15-24(19-11-7-4-8-12-19)27(16-18-9-5-3-6-10-18)17-21(20)14-23(22)26(29)31-2/h3-14,24H,15-17H2,1-2H3. The van der Waals surface area contributed by atoms with Crippen molar-refractivity contribution in [1.29, 1.82) is 0 Å². The van der Waals surface area contributed by atoms with E-state index in [1.54, 1.807) is 12.1 Å². The molecule has 0 aromatic heterocycles. The number of benzene rings is 3. The van der Waals surface area contributed by atoms with Crippen molar-refractivity contribution >= 4 is 11.9 Å². The summed E-state index contributed by atoms with van der Waals surface area (Å²) in [5.41, 5.74) is 5.01. The van der Waals surface area contributed by atoms with Crippen molar-refractivity contribution in [3.05, 3.63) is 106 Å². The summed E-state index contributed by atoms with van der Waals surface area (Å²) in [6, 6.07) is 24.5. The lowest BCUT2D eigenvalue weighted by Crippen LogP contribution is -2.34. The Bertz CT molecular complexity index is 1080. The molecule has 5 nitrogen and oxygen atoms in total. The number of nitrogens with zero attached hydrogens (tertiary/aromatic N) is 1. The van der Waals surface area contributed by atoms with E-state index in [-0.39, 0.29) is 17.2 Å². The molecule has 1 aliphatic rings. The van der Waals surface area contributed by atoms with Crippen molar-refractivity contribution < 1.29 is 19.1 Å². The molecule has 1 aliphatic heterocycles. The second-order valence-electron chi connectivity index (χ2n) is 7.67. The van der Waals surface area contributed by atoms with Crippen LogP contribution in [0.4, 0.5) is 0 Å². The number of carbonyl (C=O) groups excluding carboxylic acids is 2. The van der Waals surface area contributed by atoms with E-state index in [9.17, 15) is 9.59 Å². The third-order valence-corrected chi connectivity index (χ3v) is 5.79. The Labute approximate surface area is 182 Å². The Hall–Kier alpha value is -3.44. The lowest BCUT2D eigenvalue weighted by atomic mass is 9.86. The molecule has 3 aromatic rings. The molecule has 0 saturated carbocycles. The van der Waals surface area contributed by atoms with Gasteiger partial charge < -0.3 is 9.47 Å². The fourth-order valence-electron chi connectivity index (χ4n) is 4.24. The number of ether oxygens (including phenoxy) is 2. The average Bonchev–Trinajstić information content (AvgIpc) is 2.83. The predicted octanol–water partition coefficient (Wildman–Crippen LogP) is 4.56. The second kappa shape index (κ2) is 9.14. The van der Waals surface area contributed by atoms with Crippen LogP contribution < -0.4 is 0 Å². The highest BCUT2D eigenvalue weighted by Gasteiger charge is 2.30. The number of methoxy groups -OCH3 is 2. The second-order valence-corrected chi connectivity index (χ2v) is 7.67. The molecule has 1 unspecified atom stereocenters. The molecule has 0 N–H and O–H groups in total. The van der Waals surface area contributed by atoms with Gasteiger partial charge in [0.25, 0.3) is 0 Å². The van der Waals surface area contributed by atoms with Gasteiger partial charge in [-0.05, 0) is 40.8 Å². The minimum atomic E-state index is -0.539. The predicted molar refractivity (Wildman–Crippen MR) is 118 cm³/mol. The number of fused-ring (bicyclic) bond motifs is 1. The van der Waals surface area contributed by atoms with Crippen LogP contribution in [0.15, 0.2) is 72.8 Å². The lowest BCUT2D eigenvalue weighted by molar-refractivity contribution is 0.0554. The smallest absolute Gasteiger partial charge is 0.338 e. The van der Waals surface area contributed by atoms with Gasteiger partial charge >= 0.3 is 11.9 Å². The summed E-state index contributed by atoms with van der Waals surface area (Å²) in [5, 5.41) is 0. The normalized spacial score (nSPS) is 15.7. The third kappa shape index (κ3) is 4.37. The Balaban J connectivity index is 1.77. The first-order valence-electron chi connectivity index (χ1n) is 10.3. The van der Waals surface area contributed by atoms with Gasteiger partial charge in [0, 0.05) is 19.1 Å². The number of hydrogen-bond acceptors (Lipinski definition) is 5. The van der Waals surface area contributed by atoms with Crippen LogP contribution in [0.1, 0.15) is 49.0 Å². The van der Waals surface area contributed by atoms with E-state index in [4.69, 9.17) is 9.47 Å². The largest absolute Gasteiger partial charge is 0.465 e. The van der Waals surface area contributed by atoms with Crippen molar-refractivity contribution in [2.75, 3.05) is 14.2 Å². The maximum atomic E-state index is 12.4. The zero-order chi connectivity index (χ0) is 21.8. The van der Waals surface area contributed by atoms with Gasteiger partial charge in [-0.25, -0.2) is 9.59 Å². The summed E-state index contributed by atoms with van der Waals surface area (Å²) in [5.74, 6) is -1.07. The molecule has 1 heterocycles. The molecule has 1 atom stereocenters. The van der Waals surface area contributed by atoms with E-state index >= 15 is 0 Å². The topological polar surface area (TPSA) is 55.8 Å². The number of esters is 2. The van der Waals surface area contributed by atoms with Gasteiger partial charge in [0.1, 0.15) is 0 Å². The van der Waals surface area contributed by atoms with E-state index < -0.39 is 11.9 Å². The van der Waals surface area contributed by atoms with E-state index in [2.05, 4.69) is 29.2 Å². The van der Waals surface area contributed by atoms with Gasteiger partial charge in [-0.15, -0.1) is 0 Å². The van der Waals surface area contributed by atoms with Gasteiger partial charge in [0.2, 0.25) is 0 Å². The van der Waals surface area contributed by atoms with Crippen LogP contribution >= 0.6 is 0 Å². The van der Waals surface area contributed by atoms with Crippen LogP contribution in [0.3, 0.4) is 0 Å². The zero-order valence-electron chi connectivity index (χ0n) is 17.7. The number of rotatable bonds is 5. The van der Waals surface area contributed by atoms with Crippen molar-refractivity contribution in [2.45, 2.75) is 25.6 Å². The van der Waals surface area contributed by atoms with Gasteiger partial charge in [0.15, 0.2) is 0 Å². The molecule has 0 spiro atoms. The van der Waals surface area contributed by atoms with Crippen molar-refractivity contribution in [3.8, 4) is 0 Å². The summed E-state index contributed by atoms with van der Waals surface area (Å²) >= 11 is 0. The highest BCUT2D eigenvalue weighted by atomic mass is 16.5. The van der Waals surface area contributed by atoms with Crippen LogP contribution in [0.5, 0.6) is 0 Å². The summed E-state index contributed by atoms with van der Waals surface area (Å²) in [6.45, 7) is 1.45. The quantitative estimate of drug-likeness (QED) is 0.572. The molecule has 0 amide bonds. The molecule has 0 radical (unpaired) electrons. The Morgan fingerprint density at radius 3 is 1.97 bits per heavy atom. The van der Waals surface area contributed by atoms with E-state index in [0.717, 1.165) is 24.1 Å². The monoisotopic (exact) mass is 415 g/mol. The minimum absolute atomic E-state index is 0.156. The van der Waals surface area contributed by atoms with Crippen LogP contribution in [-0.4, -0.2) is 31.1 Å². The molecule has 3 aromatic carbocycles. The Morgan fingerprint density at radius 2 is 1.39 bits per heavy atom. The summed E-state index contributed by atoms with van der Waals surface area (Å²) in [6.07, 6.45) is 0.734. The minimum Gasteiger partial charge on any atom is -0.465 e. The van der Waals surface area contributed by atoms with Crippen molar-refractivity contribution in [1.82, 2.24) is 4.90 Å². The fraction of sp³-hybridized carbons (Fsp3) is 0.231. The molecular weight excluding hydrogens is 390 g/mol. The summed E-state index contributed by atoms with van der Waals surface area (Å²) < 4.78 is 9.83. The molecule has 0 fully saturated rings. The maximum absolute atomic E-state index is 12.4. The van der Waals surface area contributed by atoms with Gasteiger partial charge in [-0.1, -0.05) is 60.7 Å². The molecule has 5 heteroatoms. The van der Waals surface area contributed by atoms with E-state index in [1.165, 1.54) is 25.3 Å². The Kier molecular flexibility index (Phi) is 6.14. The molecule has 158 valence electrons. The van der Waals surface area contributed by atoms with Gasteiger partial charge in [-0.3, -0.25) is 4.90 Å². The van der Waals surface area contributed by atoms with Crippen LogP contribution in [0.25, 0.3) is 0 Å². The summed E-state index contributed by atoms with van der Waals surface area (Å²) in [4.78, 5) is 27.1. The maximum Gasteiger partial charge on any atom is 0.338 e. The fourth-order valence-corrected chi connectivity index (χ4v) is 4.24. The highest BCUT2D eigenvalue weighted by molar-refractivity contribution is 6.03. The van der Waals surface area contributed by atoms with E-state index in [1.807, 2.05) is 36.4 Å². The first-order valence-corrected chi connectivity index (χ1v) is 10.3. The first-order chi connectivity index (χ1) is 15.1. The first kappa shape index (κ1) is 20.8. The van der Waals surface area contributed by atoms with Crippen LogP contribution in [-0.2, 0) is 29.0 Å². The van der Waals surface area contributed by atoms with Crippen molar-refractivity contribution in [3.63, 3.8) is 0 Å². The average molecular weight is 415 g/mol. The highest BCUT2D eigenvalue weighted by Crippen LogP contribution is 2.36. The number of carbonyl (C=O) groups is 2. The lowest BCUT2D eigenvalue weighted by Gasteiger charge is -2.38. The molecular formula is C26H25NO4. The number of hydrogen-bond donors (Lipinski definition) is 0. The van der Waals surface area contributed by atoms with Crippen LogP contribution in [0, 0.1) is 0 Å².